The number of hydrogen-bond acceptors (Lipinski definition) is 6. The van der Waals surface area contributed by atoms with Crippen molar-refractivity contribution in [3.05, 3.63) is 50.7 Å². The maximum Gasteiger partial charge on any atom is 0.275 e. The van der Waals surface area contributed by atoms with Gasteiger partial charge in [-0.2, -0.15) is 11.3 Å². The fourth-order valence-electron chi connectivity index (χ4n) is 1.71. The molecule has 2 aromatic rings. The summed E-state index contributed by atoms with van der Waals surface area (Å²) in [6, 6.07) is 6.24. The van der Waals surface area contributed by atoms with E-state index in [1.165, 1.54) is 30.6 Å². The Kier molecular flexibility index (Phi) is 4.54. The standard InChI is InChI=1S/C13H14N2O4S/c1-19-12-5-10(4-11(6-12)15(17)18)14-7-13(16)9-2-3-20-8-9/h2-6,8,13-14,16H,7H2,1H3. The van der Waals surface area contributed by atoms with E-state index >= 15 is 0 Å². The molecule has 0 radical (unpaired) electrons. The van der Waals surface area contributed by atoms with Gasteiger partial charge in [-0.25, -0.2) is 0 Å². The minimum absolute atomic E-state index is 0.0585. The Morgan fingerprint density at radius 1 is 1.50 bits per heavy atom. The second kappa shape index (κ2) is 6.36. The lowest BCUT2D eigenvalue weighted by Gasteiger charge is -2.12. The topological polar surface area (TPSA) is 84.6 Å². The molecule has 0 aliphatic carbocycles. The molecule has 0 amide bonds. The quantitative estimate of drug-likeness (QED) is 0.632. The van der Waals surface area contributed by atoms with Gasteiger partial charge in [-0.3, -0.25) is 10.1 Å². The first-order valence-corrected chi connectivity index (χ1v) is 6.82. The van der Waals surface area contributed by atoms with E-state index < -0.39 is 11.0 Å². The molecule has 7 heteroatoms. The number of anilines is 1. The van der Waals surface area contributed by atoms with E-state index in [2.05, 4.69) is 5.32 Å². The number of nitro groups is 1. The Balaban J connectivity index is 2.09. The van der Waals surface area contributed by atoms with Gasteiger partial charge in [-0.1, -0.05) is 0 Å². The van der Waals surface area contributed by atoms with Gasteiger partial charge in [0.15, 0.2) is 0 Å². The molecule has 0 fully saturated rings. The number of methoxy groups -OCH3 is 1. The summed E-state index contributed by atoms with van der Waals surface area (Å²) < 4.78 is 5.02. The van der Waals surface area contributed by atoms with Crippen LogP contribution in [0.5, 0.6) is 5.75 Å². The van der Waals surface area contributed by atoms with Crippen LogP contribution in [0.25, 0.3) is 0 Å². The van der Waals surface area contributed by atoms with Gasteiger partial charge >= 0.3 is 0 Å². The van der Waals surface area contributed by atoms with Crippen LogP contribution >= 0.6 is 11.3 Å². The molecule has 6 nitrogen and oxygen atoms in total. The number of nitrogens with zero attached hydrogens (tertiary/aromatic N) is 1. The van der Waals surface area contributed by atoms with Crippen molar-refractivity contribution >= 4 is 22.7 Å². The van der Waals surface area contributed by atoms with Gasteiger partial charge < -0.3 is 15.2 Å². The van der Waals surface area contributed by atoms with Gasteiger partial charge in [-0.05, 0) is 22.4 Å². The third kappa shape index (κ3) is 3.46. The van der Waals surface area contributed by atoms with Gasteiger partial charge in [0.1, 0.15) is 5.75 Å². The molecule has 2 rings (SSSR count). The zero-order valence-corrected chi connectivity index (χ0v) is 11.6. The summed E-state index contributed by atoms with van der Waals surface area (Å²) in [5.74, 6) is 0.395. The number of rotatable bonds is 6. The van der Waals surface area contributed by atoms with Crippen LogP contribution in [0.15, 0.2) is 35.0 Å². The average molecular weight is 294 g/mol. The number of nitro benzene ring substituents is 1. The van der Waals surface area contributed by atoms with Crippen LogP contribution in [0.1, 0.15) is 11.7 Å². The molecule has 1 aromatic heterocycles. The maximum atomic E-state index is 10.8. The van der Waals surface area contributed by atoms with Gasteiger partial charge in [0.2, 0.25) is 0 Å². The van der Waals surface area contributed by atoms with Crippen molar-refractivity contribution in [1.82, 2.24) is 0 Å². The number of hydrogen-bond donors (Lipinski definition) is 2. The first-order chi connectivity index (χ1) is 9.60. The number of thiophene rings is 1. The normalized spacial score (nSPS) is 11.9. The first kappa shape index (κ1) is 14.3. The van der Waals surface area contributed by atoms with E-state index in [1.54, 1.807) is 6.07 Å². The number of aliphatic hydroxyl groups is 1. The molecule has 1 unspecified atom stereocenters. The van der Waals surface area contributed by atoms with Crippen molar-refractivity contribution in [2.45, 2.75) is 6.10 Å². The van der Waals surface area contributed by atoms with Gasteiger partial charge in [0.05, 0.1) is 24.2 Å². The van der Waals surface area contributed by atoms with Crippen LogP contribution in [0.2, 0.25) is 0 Å². The van der Waals surface area contributed by atoms with Crippen LogP contribution in [0.3, 0.4) is 0 Å². The summed E-state index contributed by atoms with van der Waals surface area (Å²) in [5, 5.41) is 27.5. The number of ether oxygens (including phenoxy) is 1. The molecule has 0 aliphatic rings. The monoisotopic (exact) mass is 294 g/mol. The lowest BCUT2D eigenvalue weighted by molar-refractivity contribution is -0.384. The Labute approximate surface area is 119 Å². The third-order valence-electron chi connectivity index (χ3n) is 2.77. The fourth-order valence-corrected chi connectivity index (χ4v) is 2.41. The van der Waals surface area contributed by atoms with E-state index in [-0.39, 0.29) is 12.2 Å². The average Bonchev–Trinajstić information content (AvgIpc) is 2.98. The molecule has 106 valence electrons. The predicted octanol–water partition coefficient (Wildman–Crippen LogP) is 2.81. The third-order valence-corrected chi connectivity index (χ3v) is 3.47. The van der Waals surface area contributed by atoms with E-state index in [0.717, 1.165) is 5.56 Å². The highest BCUT2D eigenvalue weighted by atomic mass is 32.1. The summed E-state index contributed by atoms with van der Waals surface area (Å²) in [6.07, 6.45) is -0.661. The molecule has 0 spiro atoms. The van der Waals surface area contributed by atoms with E-state index in [0.29, 0.717) is 11.4 Å². The molecule has 0 saturated carbocycles. The molecular formula is C13H14N2O4S. The fraction of sp³-hybridized carbons (Fsp3) is 0.231. The SMILES string of the molecule is COc1cc(NCC(O)c2ccsc2)cc([N+](=O)[O-])c1. The first-order valence-electron chi connectivity index (χ1n) is 5.87. The van der Waals surface area contributed by atoms with Crippen LogP contribution in [-0.2, 0) is 0 Å². The maximum absolute atomic E-state index is 10.8. The van der Waals surface area contributed by atoms with Crippen molar-refractivity contribution in [1.29, 1.82) is 0 Å². The zero-order valence-electron chi connectivity index (χ0n) is 10.8. The lowest BCUT2D eigenvalue weighted by atomic mass is 10.2. The molecule has 0 bridgehead atoms. The van der Waals surface area contributed by atoms with E-state index in [4.69, 9.17) is 4.74 Å². The Bertz CT molecular complexity index is 586. The second-order valence-electron chi connectivity index (χ2n) is 4.13. The lowest BCUT2D eigenvalue weighted by Crippen LogP contribution is -2.11. The minimum atomic E-state index is -0.661. The summed E-state index contributed by atoms with van der Waals surface area (Å²) >= 11 is 1.50. The molecule has 2 N–H and O–H groups in total. The molecule has 1 aromatic carbocycles. The van der Waals surface area contributed by atoms with Crippen LogP contribution in [0.4, 0.5) is 11.4 Å². The summed E-state index contributed by atoms with van der Waals surface area (Å²) in [5.41, 5.74) is 1.29. The van der Waals surface area contributed by atoms with Gasteiger partial charge in [0, 0.05) is 24.4 Å². The predicted molar refractivity (Wildman–Crippen MR) is 77.4 cm³/mol. The van der Waals surface area contributed by atoms with Gasteiger partial charge in [0.25, 0.3) is 5.69 Å². The van der Waals surface area contributed by atoms with Gasteiger partial charge in [-0.15, -0.1) is 0 Å². The zero-order chi connectivity index (χ0) is 14.5. The molecule has 20 heavy (non-hydrogen) atoms. The number of non-ortho nitro benzene ring substituents is 1. The summed E-state index contributed by atoms with van der Waals surface area (Å²) in [4.78, 5) is 10.3. The smallest absolute Gasteiger partial charge is 0.275 e. The molecule has 0 aliphatic heterocycles. The molecule has 1 atom stereocenters. The molecule has 1 heterocycles. The van der Waals surface area contributed by atoms with Crippen molar-refractivity contribution in [2.75, 3.05) is 19.0 Å². The van der Waals surface area contributed by atoms with Crippen LogP contribution in [0, 0.1) is 10.1 Å². The van der Waals surface area contributed by atoms with Crippen molar-refractivity contribution in [3.8, 4) is 5.75 Å². The van der Waals surface area contributed by atoms with Crippen LogP contribution in [-0.4, -0.2) is 23.7 Å². The highest BCUT2D eigenvalue weighted by Gasteiger charge is 2.12. The second-order valence-corrected chi connectivity index (χ2v) is 4.91. The Morgan fingerprint density at radius 3 is 2.90 bits per heavy atom. The van der Waals surface area contributed by atoms with E-state index in [1.807, 2.05) is 16.8 Å². The highest BCUT2D eigenvalue weighted by molar-refractivity contribution is 7.07. The summed E-state index contributed by atoms with van der Waals surface area (Å²) in [7, 11) is 1.45. The largest absolute Gasteiger partial charge is 0.496 e. The van der Waals surface area contributed by atoms with Crippen molar-refractivity contribution in [2.24, 2.45) is 0 Å². The highest BCUT2D eigenvalue weighted by Crippen LogP contribution is 2.26. The van der Waals surface area contributed by atoms with Crippen molar-refractivity contribution in [3.63, 3.8) is 0 Å². The summed E-state index contributed by atoms with van der Waals surface area (Å²) in [6.45, 7) is 0.265. The molecular weight excluding hydrogens is 280 g/mol. The minimum Gasteiger partial charge on any atom is -0.496 e. The Morgan fingerprint density at radius 2 is 2.30 bits per heavy atom. The molecule has 0 saturated heterocycles. The number of aliphatic hydroxyl groups excluding tert-OH is 1. The van der Waals surface area contributed by atoms with E-state index in [9.17, 15) is 15.2 Å². The Hall–Kier alpha value is -2.12. The van der Waals surface area contributed by atoms with Crippen LogP contribution < -0.4 is 10.1 Å². The number of benzene rings is 1. The van der Waals surface area contributed by atoms with Crippen molar-refractivity contribution < 1.29 is 14.8 Å². The number of nitrogens with one attached hydrogen (secondary N) is 1.